The highest BCUT2D eigenvalue weighted by Crippen LogP contribution is 2.37. The molecule has 100 valence electrons. The lowest BCUT2D eigenvalue weighted by Crippen LogP contribution is -2.03. The summed E-state index contributed by atoms with van der Waals surface area (Å²) in [7, 11) is 1.70. The van der Waals surface area contributed by atoms with Crippen LogP contribution in [-0.2, 0) is 6.42 Å². The summed E-state index contributed by atoms with van der Waals surface area (Å²) in [6.45, 7) is 0.649. The minimum absolute atomic E-state index is 0.649. The molecule has 0 radical (unpaired) electrons. The summed E-state index contributed by atoms with van der Waals surface area (Å²) in [5.74, 6) is 0.897. The molecule has 0 spiro atoms. The fourth-order valence-electron chi connectivity index (χ4n) is 1.82. The van der Waals surface area contributed by atoms with Crippen LogP contribution in [0.1, 0.15) is 5.56 Å². The second-order valence-electron chi connectivity index (χ2n) is 4.04. The van der Waals surface area contributed by atoms with Gasteiger partial charge in [0, 0.05) is 9.37 Å². The molecule has 4 heteroatoms. The van der Waals surface area contributed by atoms with Crippen molar-refractivity contribution in [3.8, 4) is 5.75 Å². The van der Waals surface area contributed by atoms with Crippen LogP contribution in [0.4, 0.5) is 0 Å². The van der Waals surface area contributed by atoms with Gasteiger partial charge in [0.25, 0.3) is 0 Å². The van der Waals surface area contributed by atoms with Gasteiger partial charge in [-0.2, -0.15) is 0 Å². The Balaban J connectivity index is 2.32. The van der Waals surface area contributed by atoms with Gasteiger partial charge in [-0.05, 0) is 48.9 Å². The largest absolute Gasteiger partial charge is 0.496 e. The summed E-state index contributed by atoms with van der Waals surface area (Å²) < 4.78 is 6.47. The Morgan fingerprint density at radius 2 is 1.95 bits per heavy atom. The van der Waals surface area contributed by atoms with Crippen LogP contribution in [0.3, 0.4) is 0 Å². The van der Waals surface area contributed by atoms with Crippen LogP contribution >= 0.6 is 27.7 Å². The van der Waals surface area contributed by atoms with E-state index >= 15 is 0 Å². The third-order valence-corrected chi connectivity index (χ3v) is 4.39. The molecule has 0 amide bonds. The smallest absolute Gasteiger partial charge is 0.132 e. The van der Waals surface area contributed by atoms with E-state index in [0.717, 1.165) is 21.5 Å². The lowest BCUT2D eigenvalue weighted by Gasteiger charge is -2.11. The van der Waals surface area contributed by atoms with Gasteiger partial charge in [-0.1, -0.05) is 39.8 Å². The van der Waals surface area contributed by atoms with E-state index in [1.807, 2.05) is 18.2 Å². The molecule has 0 fully saturated rings. The van der Waals surface area contributed by atoms with Crippen molar-refractivity contribution in [3.63, 3.8) is 0 Å². The Labute approximate surface area is 126 Å². The van der Waals surface area contributed by atoms with E-state index in [2.05, 4.69) is 40.2 Å². The van der Waals surface area contributed by atoms with Crippen molar-refractivity contribution >= 4 is 27.7 Å². The van der Waals surface area contributed by atoms with Gasteiger partial charge in [0.05, 0.1) is 12.0 Å². The SMILES string of the molecule is COc1ccccc1Sc1ccc(Br)cc1CCN. The van der Waals surface area contributed by atoms with Crippen molar-refractivity contribution in [1.82, 2.24) is 0 Å². The first-order valence-corrected chi connectivity index (χ1v) is 7.65. The zero-order valence-electron chi connectivity index (χ0n) is 10.7. The van der Waals surface area contributed by atoms with Crippen molar-refractivity contribution in [3.05, 3.63) is 52.5 Å². The van der Waals surface area contributed by atoms with Crippen LogP contribution in [-0.4, -0.2) is 13.7 Å². The molecule has 2 nitrogen and oxygen atoms in total. The molecule has 0 aromatic heterocycles. The summed E-state index contributed by atoms with van der Waals surface area (Å²) in [6.07, 6.45) is 0.872. The van der Waals surface area contributed by atoms with Crippen LogP contribution in [0.25, 0.3) is 0 Å². The average molecular weight is 338 g/mol. The third kappa shape index (κ3) is 3.75. The maximum absolute atomic E-state index is 5.68. The molecule has 0 aliphatic rings. The van der Waals surface area contributed by atoms with Crippen LogP contribution in [0.15, 0.2) is 56.7 Å². The highest BCUT2D eigenvalue weighted by Gasteiger charge is 2.08. The van der Waals surface area contributed by atoms with Crippen LogP contribution in [0, 0.1) is 0 Å². The van der Waals surface area contributed by atoms with Crippen molar-refractivity contribution in [2.24, 2.45) is 5.73 Å². The quantitative estimate of drug-likeness (QED) is 0.891. The van der Waals surface area contributed by atoms with E-state index in [4.69, 9.17) is 10.5 Å². The predicted octanol–water partition coefficient (Wildman–Crippen LogP) is 4.11. The molecule has 0 bridgehead atoms. The molecule has 2 aromatic rings. The molecule has 2 aromatic carbocycles. The molecular formula is C15H16BrNOS. The van der Waals surface area contributed by atoms with Crippen LogP contribution in [0.2, 0.25) is 0 Å². The number of benzene rings is 2. The second-order valence-corrected chi connectivity index (χ2v) is 6.04. The minimum Gasteiger partial charge on any atom is -0.496 e. The Hall–Kier alpha value is -0.970. The maximum Gasteiger partial charge on any atom is 0.132 e. The number of hydrogen-bond donors (Lipinski definition) is 1. The predicted molar refractivity (Wildman–Crippen MR) is 84.0 cm³/mol. The van der Waals surface area contributed by atoms with Crippen molar-refractivity contribution < 1.29 is 4.74 Å². The van der Waals surface area contributed by atoms with Gasteiger partial charge in [-0.3, -0.25) is 0 Å². The van der Waals surface area contributed by atoms with Gasteiger partial charge in [0.2, 0.25) is 0 Å². The first-order valence-electron chi connectivity index (χ1n) is 6.04. The molecule has 0 aliphatic heterocycles. The number of nitrogens with two attached hydrogens (primary N) is 1. The van der Waals surface area contributed by atoms with E-state index in [0.29, 0.717) is 6.54 Å². The van der Waals surface area contributed by atoms with Gasteiger partial charge in [0.15, 0.2) is 0 Å². The zero-order valence-corrected chi connectivity index (χ0v) is 13.1. The lowest BCUT2D eigenvalue weighted by atomic mass is 10.1. The maximum atomic E-state index is 5.68. The number of methoxy groups -OCH3 is 1. The molecule has 2 rings (SSSR count). The van der Waals surface area contributed by atoms with Gasteiger partial charge in [-0.25, -0.2) is 0 Å². The van der Waals surface area contributed by atoms with E-state index in [1.165, 1.54) is 10.5 Å². The molecule has 0 saturated carbocycles. The van der Waals surface area contributed by atoms with E-state index < -0.39 is 0 Å². The standard InChI is InChI=1S/C15H16BrNOS/c1-18-13-4-2-3-5-15(13)19-14-7-6-12(16)10-11(14)8-9-17/h2-7,10H,8-9,17H2,1H3. The second kappa shape index (κ2) is 6.98. The molecule has 2 N–H and O–H groups in total. The first kappa shape index (κ1) is 14.4. The number of rotatable bonds is 5. The molecule has 0 saturated heterocycles. The molecule has 0 unspecified atom stereocenters. The summed E-state index contributed by atoms with van der Waals surface area (Å²) in [4.78, 5) is 2.34. The summed E-state index contributed by atoms with van der Waals surface area (Å²) >= 11 is 5.22. The fourth-order valence-corrected chi connectivity index (χ4v) is 3.29. The topological polar surface area (TPSA) is 35.2 Å². The first-order chi connectivity index (χ1) is 9.24. The summed E-state index contributed by atoms with van der Waals surface area (Å²) in [5.41, 5.74) is 6.94. The minimum atomic E-state index is 0.649. The molecule has 19 heavy (non-hydrogen) atoms. The number of ether oxygens (including phenoxy) is 1. The van der Waals surface area contributed by atoms with Gasteiger partial charge in [0.1, 0.15) is 5.75 Å². The molecule has 0 aliphatic carbocycles. The summed E-state index contributed by atoms with van der Waals surface area (Å²) in [5, 5.41) is 0. The van der Waals surface area contributed by atoms with E-state index in [1.54, 1.807) is 18.9 Å². The Bertz CT molecular complexity index is 560. The van der Waals surface area contributed by atoms with Gasteiger partial charge >= 0.3 is 0 Å². The number of halogens is 1. The van der Waals surface area contributed by atoms with E-state index in [-0.39, 0.29) is 0 Å². The fraction of sp³-hybridized carbons (Fsp3) is 0.200. The summed E-state index contributed by atoms with van der Waals surface area (Å²) in [6, 6.07) is 14.3. The van der Waals surface area contributed by atoms with Crippen molar-refractivity contribution in [2.75, 3.05) is 13.7 Å². The molecule has 0 atom stereocenters. The Kier molecular flexibility index (Phi) is 5.31. The molecular weight excluding hydrogens is 322 g/mol. The highest BCUT2D eigenvalue weighted by molar-refractivity contribution is 9.10. The van der Waals surface area contributed by atoms with Crippen LogP contribution < -0.4 is 10.5 Å². The van der Waals surface area contributed by atoms with Crippen molar-refractivity contribution in [1.29, 1.82) is 0 Å². The zero-order chi connectivity index (χ0) is 13.7. The monoisotopic (exact) mass is 337 g/mol. The normalized spacial score (nSPS) is 10.5. The highest BCUT2D eigenvalue weighted by atomic mass is 79.9. The number of para-hydroxylation sites is 1. The Morgan fingerprint density at radius 3 is 2.68 bits per heavy atom. The third-order valence-electron chi connectivity index (χ3n) is 2.73. The molecule has 0 heterocycles. The average Bonchev–Trinajstić information content (AvgIpc) is 2.43. The van der Waals surface area contributed by atoms with Crippen molar-refractivity contribution in [2.45, 2.75) is 16.2 Å². The lowest BCUT2D eigenvalue weighted by molar-refractivity contribution is 0.405. The van der Waals surface area contributed by atoms with E-state index in [9.17, 15) is 0 Å². The number of hydrogen-bond acceptors (Lipinski definition) is 3. The Morgan fingerprint density at radius 1 is 1.16 bits per heavy atom. The van der Waals surface area contributed by atoms with Crippen LogP contribution in [0.5, 0.6) is 5.75 Å². The van der Waals surface area contributed by atoms with Gasteiger partial charge < -0.3 is 10.5 Å². The van der Waals surface area contributed by atoms with Gasteiger partial charge in [-0.15, -0.1) is 0 Å².